The van der Waals surface area contributed by atoms with Crippen molar-refractivity contribution in [3.63, 3.8) is 0 Å². The molecule has 1 aromatic heterocycles. The van der Waals surface area contributed by atoms with E-state index in [4.69, 9.17) is 4.74 Å². The number of aromatic nitrogens is 3. The van der Waals surface area contributed by atoms with Crippen LogP contribution in [0.2, 0.25) is 0 Å². The summed E-state index contributed by atoms with van der Waals surface area (Å²) in [5.74, 6) is -0.584. The van der Waals surface area contributed by atoms with Crippen LogP contribution in [-0.4, -0.2) is 51.5 Å². The zero-order chi connectivity index (χ0) is 13.5. The van der Waals surface area contributed by atoms with Crippen LogP contribution in [0.15, 0.2) is 6.20 Å². The molecule has 0 saturated carbocycles. The monoisotopic (exact) mass is 254 g/mol. The first-order valence-electron chi connectivity index (χ1n) is 5.97. The Morgan fingerprint density at radius 3 is 2.56 bits per heavy atom. The Morgan fingerprint density at radius 1 is 1.33 bits per heavy atom. The van der Waals surface area contributed by atoms with Crippen molar-refractivity contribution < 1.29 is 14.3 Å². The molecule has 0 aliphatic rings. The van der Waals surface area contributed by atoms with Crippen molar-refractivity contribution in [1.82, 2.24) is 19.9 Å². The van der Waals surface area contributed by atoms with Crippen LogP contribution in [0.3, 0.4) is 0 Å². The summed E-state index contributed by atoms with van der Waals surface area (Å²) in [6.45, 7) is 7.19. The highest BCUT2D eigenvalue weighted by Gasteiger charge is 2.15. The van der Waals surface area contributed by atoms with Crippen LogP contribution < -0.4 is 0 Å². The van der Waals surface area contributed by atoms with E-state index in [1.165, 1.54) is 10.9 Å². The van der Waals surface area contributed by atoms with Crippen molar-refractivity contribution >= 4 is 11.9 Å². The lowest BCUT2D eigenvalue weighted by molar-refractivity contribution is -0.131. The maximum atomic E-state index is 11.8. The molecule has 0 fully saturated rings. The molecule has 0 bridgehead atoms. The number of amides is 1. The number of carbonyl (C=O) groups excluding carboxylic acids is 2. The van der Waals surface area contributed by atoms with Crippen molar-refractivity contribution in [2.75, 3.05) is 19.7 Å². The van der Waals surface area contributed by atoms with E-state index in [2.05, 4.69) is 10.3 Å². The highest BCUT2D eigenvalue weighted by atomic mass is 16.5. The summed E-state index contributed by atoms with van der Waals surface area (Å²) in [7, 11) is 0. The summed E-state index contributed by atoms with van der Waals surface area (Å²) in [5, 5.41) is 7.40. The van der Waals surface area contributed by atoms with Crippen molar-refractivity contribution in [2.24, 2.45) is 0 Å². The Kier molecular flexibility index (Phi) is 5.29. The first-order chi connectivity index (χ1) is 8.62. The molecule has 1 amide bonds. The van der Waals surface area contributed by atoms with Crippen LogP contribution in [0.1, 0.15) is 31.3 Å². The second-order valence-electron chi connectivity index (χ2n) is 3.59. The minimum Gasteiger partial charge on any atom is -0.461 e. The topological polar surface area (TPSA) is 77.3 Å². The third-order valence-electron chi connectivity index (χ3n) is 2.44. The Balaban J connectivity index is 2.64. The summed E-state index contributed by atoms with van der Waals surface area (Å²) in [5.41, 5.74) is 0.115. The van der Waals surface area contributed by atoms with E-state index < -0.39 is 5.97 Å². The second-order valence-corrected chi connectivity index (χ2v) is 3.59. The number of carbonyl (C=O) groups is 2. The summed E-state index contributed by atoms with van der Waals surface area (Å²) >= 11 is 0. The molecule has 0 aromatic carbocycles. The molecule has 1 rings (SSSR count). The van der Waals surface area contributed by atoms with Crippen LogP contribution >= 0.6 is 0 Å². The normalized spacial score (nSPS) is 10.2. The van der Waals surface area contributed by atoms with Gasteiger partial charge in [-0.15, -0.1) is 5.10 Å². The third-order valence-corrected chi connectivity index (χ3v) is 2.44. The standard InChI is InChI=1S/C11H18N4O3/c1-4-14(5-2)10(16)8-15-7-9(12-13-15)11(17)18-6-3/h7H,4-6,8H2,1-3H3. The number of nitrogens with zero attached hydrogens (tertiary/aromatic N) is 4. The van der Waals surface area contributed by atoms with E-state index in [1.54, 1.807) is 11.8 Å². The van der Waals surface area contributed by atoms with Gasteiger partial charge in [0.15, 0.2) is 5.69 Å². The van der Waals surface area contributed by atoms with Gasteiger partial charge in [0.1, 0.15) is 6.54 Å². The van der Waals surface area contributed by atoms with Crippen LogP contribution in [0, 0.1) is 0 Å². The van der Waals surface area contributed by atoms with Gasteiger partial charge in [-0.2, -0.15) is 0 Å². The summed E-state index contributed by atoms with van der Waals surface area (Å²) in [4.78, 5) is 24.8. The first kappa shape index (κ1) is 14.1. The van der Waals surface area contributed by atoms with E-state index in [0.29, 0.717) is 13.1 Å². The summed E-state index contributed by atoms with van der Waals surface area (Å²) in [6, 6.07) is 0. The van der Waals surface area contributed by atoms with Crippen molar-refractivity contribution in [3.05, 3.63) is 11.9 Å². The Bertz CT molecular complexity index is 412. The highest BCUT2D eigenvalue weighted by molar-refractivity contribution is 5.86. The molecule has 0 unspecified atom stereocenters. The lowest BCUT2D eigenvalue weighted by Crippen LogP contribution is -2.33. The zero-order valence-corrected chi connectivity index (χ0v) is 10.9. The van der Waals surface area contributed by atoms with Crippen LogP contribution in [0.5, 0.6) is 0 Å². The second kappa shape index (κ2) is 6.73. The Labute approximate surface area is 106 Å². The lowest BCUT2D eigenvalue weighted by Gasteiger charge is -2.17. The fourth-order valence-electron chi connectivity index (χ4n) is 1.49. The molecule has 0 N–H and O–H groups in total. The van der Waals surface area contributed by atoms with Gasteiger partial charge in [-0.25, -0.2) is 9.48 Å². The van der Waals surface area contributed by atoms with E-state index in [1.807, 2.05) is 13.8 Å². The number of hydrogen-bond donors (Lipinski definition) is 0. The van der Waals surface area contributed by atoms with Gasteiger partial charge in [0.05, 0.1) is 12.8 Å². The van der Waals surface area contributed by atoms with Crippen LogP contribution in [-0.2, 0) is 16.1 Å². The predicted molar refractivity (Wildman–Crippen MR) is 63.9 cm³/mol. The van der Waals surface area contributed by atoms with Gasteiger partial charge in [0.25, 0.3) is 0 Å². The number of likely N-dealkylation sites (N-methyl/N-ethyl adjacent to an activating group) is 1. The van der Waals surface area contributed by atoms with Gasteiger partial charge in [0.2, 0.25) is 5.91 Å². The maximum Gasteiger partial charge on any atom is 0.360 e. The molecule has 0 spiro atoms. The van der Waals surface area contributed by atoms with Crippen molar-refractivity contribution in [2.45, 2.75) is 27.3 Å². The van der Waals surface area contributed by atoms with Crippen LogP contribution in [0.4, 0.5) is 0 Å². The van der Waals surface area contributed by atoms with Crippen molar-refractivity contribution in [3.8, 4) is 0 Å². The fourth-order valence-corrected chi connectivity index (χ4v) is 1.49. The molecule has 0 saturated heterocycles. The average molecular weight is 254 g/mol. The van der Waals surface area contributed by atoms with Crippen molar-refractivity contribution in [1.29, 1.82) is 0 Å². The molecule has 18 heavy (non-hydrogen) atoms. The molecular weight excluding hydrogens is 236 g/mol. The molecule has 0 atom stereocenters. The molecule has 100 valence electrons. The molecule has 0 radical (unpaired) electrons. The van der Waals surface area contributed by atoms with Gasteiger partial charge in [-0.3, -0.25) is 4.79 Å². The predicted octanol–water partition coefficient (Wildman–Crippen LogP) is 0.323. The van der Waals surface area contributed by atoms with Gasteiger partial charge in [0, 0.05) is 13.1 Å². The first-order valence-corrected chi connectivity index (χ1v) is 5.97. The van der Waals surface area contributed by atoms with E-state index in [-0.39, 0.29) is 24.8 Å². The van der Waals surface area contributed by atoms with Gasteiger partial charge >= 0.3 is 5.97 Å². The van der Waals surface area contributed by atoms with E-state index in [0.717, 1.165) is 0 Å². The van der Waals surface area contributed by atoms with Gasteiger partial charge in [-0.05, 0) is 20.8 Å². The molecule has 0 aliphatic heterocycles. The molecule has 1 heterocycles. The Morgan fingerprint density at radius 2 is 2.00 bits per heavy atom. The Hall–Kier alpha value is -1.92. The molecular formula is C11H18N4O3. The minimum atomic E-state index is -0.529. The number of hydrogen-bond acceptors (Lipinski definition) is 5. The SMILES string of the molecule is CCOC(=O)c1cn(CC(=O)N(CC)CC)nn1. The molecule has 7 nitrogen and oxygen atoms in total. The number of esters is 1. The van der Waals surface area contributed by atoms with Crippen LogP contribution in [0.25, 0.3) is 0 Å². The zero-order valence-electron chi connectivity index (χ0n) is 10.9. The summed E-state index contributed by atoms with van der Waals surface area (Å²) in [6.07, 6.45) is 1.42. The molecule has 7 heteroatoms. The average Bonchev–Trinajstić information content (AvgIpc) is 2.79. The fraction of sp³-hybridized carbons (Fsp3) is 0.636. The lowest BCUT2D eigenvalue weighted by atomic mass is 10.4. The van der Waals surface area contributed by atoms with E-state index in [9.17, 15) is 9.59 Å². The molecule has 1 aromatic rings. The number of ether oxygens (including phenoxy) is 1. The smallest absolute Gasteiger partial charge is 0.360 e. The number of rotatable bonds is 6. The largest absolute Gasteiger partial charge is 0.461 e. The quantitative estimate of drug-likeness (QED) is 0.683. The third kappa shape index (κ3) is 3.54. The van der Waals surface area contributed by atoms with Gasteiger partial charge < -0.3 is 9.64 Å². The minimum absolute atomic E-state index is 0.0553. The molecule has 0 aliphatic carbocycles. The summed E-state index contributed by atoms with van der Waals surface area (Å²) < 4.78 is 6.13. The highest BCUT2D eigenvalue weighted by Crippen LogP contribution is 1.98. The van der Waals surface area contributed by atoms with E-state index >= 15 is 0 Å². The maximum absolute atomic E-state index is 11.8. The van der Waals surface area contributed by atoms with Gasteiger partial charge in [-0.1, -0.05) is 5.21 Å².